The van der Waals surface area contributed by atoms with Gasteiger partial charge in [0, 0.05) is 12.6 Å². The van der Waals surface area contributed by atoms with Crippen LogP contribution in [-0.4, -0.2) is 52.1 Å². The van der Waals surface area contributed by atoms with Crippen LogP contribution in [0.15, 0.2) is 18.2 Å². The SMILES string of the molecule is CCCCCN(C(=O)C(C)NC(=O)OC(C)(C)C)C(C(=O)NC1CCCCC1)c1ccc(O)c(C)c1. The molecule has 36 heavy (non-hydrogen) atoms. The number of aryl methyl sites for hydroxylation is 1. The lowest BCUT2D eigenvalue weighted by molar-refractivity contribution is -0.142. The van der Waals surface area contributed by atoms with Gasteiger partial charge in [0.05, 0.1) is 0 Å². The first-order chi connectivity index (χ1) is 16.9. The van der Waals surface area contributed by atoms with E-state index in [1.807, 2.05) is 0 Å². The van der Waals surface area contributed by atoms with Gasteiger partial charge in [0.25, 0.3) is 0 Å². The number of alkyl carbamates (subject to hydrolysis) is 1. The zero-order valence-electron chi connectivity index (χ0n) is 22.9. The lowest BCUT2D eigenvalue weighted by Crippen LogP contribution is -2.53. The fraction of sp³-hybridized carbons (Fsp3) is 0.679. The van der Waals surface area contributed by atoms with Gasteiger partial charge in [0.15, 0.2) is 0 Å². The Balaban J connectivity index is 2.38. The number of phenolic OH excluding ortho intramolecular Hbond substituents is 1. The third-order valence-electron chi connectivity index (χ3n) is 6.44. The quantitative estimate of drug-likeness (QED) is 0.384. The van der Waals surface area contributed by atoms with Gasteiger partial charge in [0.1, 0.15) is 23.4 Å². The molecule has 3 N–H and O–H groups in total. The van der Waals surface area contributed by atoms with Crippen LogP contribution < -0.4 is 10.6 Å². The number of carbonyl (C=O) groups excluding carboxylic acids is 3. The number of benzene rings is 1. The molecule has 0 heterocycles. The van der Waals surface area contributed by atoms with Gasteiger partial charge in [-0.25, -0.2) is 4.79 Å². The summed E-state index contributed by atoms with van der Waals surface area (Å²) in [6.07, 6.45) is 7.08. The van der Waals surface area contributed by atoms with E-state index in [0.717, 1.165) is 44.9 Å². The Morgan fingerprint density at radius 3 is 2.39 bits per heavy atom. The molecule has 3 amide bonds. The number of amides is 3. The average molecular weight is 504 g/mol. The topological polar surface area (TPSA) is 108 Å². The van der Waals surface area contributed by atoms with Crippen molar-refractivity contribution in [2.75, 3.05) is 6.54 Å². The maximum Gasteiger partial charge on any atom is 0.408 e. The highest BCUT2D eigenvalue weighted by Crippen LogP contribution is 2.28. The lowest BCUT2D eigenvalue weighted by atomic mass is 9.94. The van der Waals surface area contributed by atoms with Gasteiger partial charge >= 0.3 is 6.09 Å². The summed E-state index contributed by atoms with van der Waals surface area (Å²) < 4.78 is 5.33. The molecule has 1 saturated carbocycles. The normalized spacial score (nSPS) is 16.1. The second-order valence-electron chi connectivity index (χ2n) is 10.9. The van der Waals surface area contributed by atoms with E-state index in [4.69, 9.17) is 4.74 Å². The van der Waals surface area contributed by atoms with Gasteiger partial charge in [-0.15, -0.1) is 0 Å². The Kier molecular flexibility index (Phi) is 11.1. The molecular weight excluding hydrogens is 458 g/mol. The first-order valence-corrected chi connectivity index (χ1v) is 13.3. The third-order valence-corrected chi connectivity index (χ3v) is 6.44. The van der Waals surface area contributed by atoms with Crippen molar-refractivity contribution in [2.45, 2.75) is 117 Å². The molecule has 0 bridgehead atoms. The van der Waals surface area contributed by atoms with Gasteiger partial charge in [-0.2, -0.15) is 0 Å². The summed E-state index contributed by atoms with van der Waals surface area (Å²) in [6.45, 7) is 11.1. The summed E-state index contributed by atoms with van der Waals surface area (Å²) in [5.74, 6) is -0.457. The molecule has 1 aliphatic rings. The van der Waals surface area contributed by atoms with Gasteiger partial charge in [-0.05, 0) is 77.1 Å². The van der Waals surface area contributed by atoms with E-state index in [0.29, 0.717) is 17.7 Å². The first kappa shape index (κ1) is 29.5. The van der Waals surface area contributed by atoms with Crippen LogP contribution in [0.25, 0.3) is 0 Å². The molecule has 0 radical (unpaired) electrons. The zero-order chi connectivity index (χ0) is 26.9. The van der Waals surface area contributed by atoms with Crippen LogP contribution in [0, 0.1) is 6.92 Å². The molecule has 8 nitrogen and oxygen atoms in total. The van der Waals surface area contributed by atoms with Crippen LogP contribution in [-0.2, 0) is 14.3 Å². The minimum absolute atomic E-state index is 0.0804. The predicted octanol–water partition coefficient (Wildman–Crippen LogP) is 5.12. The average Bonchev–Trinajstić information content (AvgIpc) is 2.79. The molecule has 1 fully saturated rings. The van der Waals surface area contributed by atoms with E-state index < -0.39 is 23.8 Å². The van der Waals surface area contributed by atoms with Crippen molar-refractivity contribution < 1.29 is 24.2 Å². The zero-order valence-corrected chi connectivity index (χ0v) is 22.9. The molecule has 202 valence electrons. The highest BCUT2D eigenvalue weighted by molar-refractivity contribution is 5.92. The second-order valence-corrected chi connectivity index (χ2v) is 10.9. The number of hydrogen-bond acceptors (Lipinski definition) is 5. The molecule has 1 aromatic carbocycles. The molecular formula is C28H45N3O5. The summed E-state index contributed by atoms with van der Waals surface area (Å²) in [5, 5.41) is 15.9. The molecule has 0 spiro atoms. The Morgan fingerprint density at radius 1 is 1.14 bits per heavy atom. The van der Waals surface area contributed by atoms with Crippen LogP contribution >= 0.6 is 0 Å². The standard InChI is InChI=1S/C28H45N3O5/c1-7-8-12-17-31(26(34)20(3)29-27(35)36-28(4,5)6)24(21-15-16-23(32)19(2)18-21)25(33)30-22-13-10-9-11-14-22/h15-16,18,20,22,24,32H,7-14,17H2,1-6H3,(H,29,35)(H,30,33). The fourth-order valence-electron chi connectivity index (χ4n) is 4.54. The number of ether oxygens (including phenoxy) is 1. The van der Waals surface area contributed by atoms with Crippen molar-refractivity contribution in [1.29, 1.82) is 0 Å². The fourth-order valence-corrected chi connectivity index (χ4v) is 4.54. The second kappa shape index (κ2) is 13.5. The number of rotatable bonds is 10. The first-order valence-electron chi connectivity index (χ1n) is 13.3. The Hall–Kier alpha value is -2.77. The largest absolute Gasteiger partial charge is 0.508 e. The predicted molar refractivity (Wildman–Crippen MR) is 141 cm³/mol. The van der Waals surface area contributed by atoms with E-state index in [1.54, 1.807) is 57.7 Å². The van der Waals surface area contributed by atoms with E-state index >= 15 is 0 Å². The minimum Gasteiger partial charge on any atom is -0.508 e. The molecule has 8 heteroatoms. The van der Waals surface area contributed by atoms with Crippen LogP contribution in [0.5, 0.6) is 5.75 Å². The van der Waals surface area contributed by atoms with Gasteiger partial charge in [-0.3, -0.25) is 9.59 Å². The van der Waals surface area contributed by atoms with Crippen LogP contribution in [0.3, 0.4) is 0 Å². The molecule has 1 aromatic rings. The summed E-state index contributed by atoms with van der Waals surface area (Å²) in [5.41, 5.74) is 0.566. The number of nitrogens with zero attached hydrogens (tertiary/aromatic N) is 1. The monoisotopic (exact) mass is 503 g/mol. The third kappa shape index (κ3) is 9.03. The van der Waals surface area contributed by atoms with Crippen molar-refractivity contribution in [1.82, 2.24) is 15.5 Å². The summed E-state index contributed by atoms with van der Waals surface area (Å²) >= 11 is 0. The number of nitrogens with one attached hydrogen (secondary N) is 2. The Labute approximate surface area is 216 Å². The maximum atomic E-state index is 13.7. The summed E-state index contributed by atoms with van der Waals surface area (Å²) in [6, 6.07) is 3.33. The van der Waals surface area contributed by atoms with Crippen molar-refractivity contribution >= 4 is 17.9 Å². The summed E-state index contributed by atoms with van der Waals surface area (Å²) in [7, 11) is 0. The van der Waals surface area contributed by atoms with Crippen molar-refractivity contribution in [3.63, 3.8) is 0 Å². The molecule has 0 aromatic heterocycles. The highest BCUT2D eigenvalue weighted by Gasteiger charge is 2.35. The van der Waals surface area contributed by atoms with E-state index in [2.05, 4.69) is 17.6 Å². The smallest absolute Gasteiger partial charge is 0.408 e. The van der Waals surface area contributed by atoms with E-state index in [1.165, 1.54) is 6.42 Å². The van der Waals surface area contributed by atoms with E-state index in [9.17, 15) is 19.5 Å². The lowest BCUT2D eigenvalue weighted by Gasteiger charge is -2.35. The molecule has 2 rings (SSSR count). The van der Waals surface area contributed by atoms with Gasteiger partial charge < -0.3 is 25.4 Å². The molecule has 2 unspecified atom stereocenters. The van der Waals surface area contributed by atoms with E-state index in [-0.39, 0.29) is 23.6 Å². The van der Waals surface area contributed by atoms with Crippen molar-refractivity contribution in [2.24, 2.45) is 0 Å². The molecule has 1 aliphatic carbocycles. The number of phenols is 1. The van der Waals surface area contributed by atoms with Gasteiger partial charge in [0.2, 0.25) is 11.8 Å². The molecule has 2 atom stereocenters. The van der Waals surface area contributed by atoms with Crippen molar-refractivity contribution in [3.8, 4) is 5.75 Å². The van der Waals surface area contributed by atoms with Crippen LogP contribution in [0.1, 0.15) is 103 Å². The Bertz CT molecular complexity index is 890. The number of carbonyl (C=O) groups is 3. The highest BCUT2D eigenvalue weighted by atomic mass is 16.6. The molecule has 0 aliphatic heterocycles. The minimum atomic E-state index is -0.885. The van der Waals surface area contributed by atoms with Crippen molar-refractivity contribution in [3.05, 3.63) is 29.3 Å². The van der Waals surface area contributed by atoms with Crippen LogP contribution in [0.2, 0.25) is 0 Å². The Morgan fingerprint density at radius 2 is 1.81 bits per heavy atom. The summed E-state index contributed by atoms with van der Waals surface area (Å²) in [4.78, 5) is 41.4. The number of hydrogen-bond donors (Lipinski definition) is 3. The molecule has 0 saturated heterocycles. The number of aromatic hydroxyl groups is 1. The number of unbranched alkanes of at least 4 members (excludes halogenated alkanes) is 2. The van der Waals surface area contributed by atoms with Crippen LogP contribution in [0.4, 0.5) is 4.79 Å². The van der Waals surface area contributed by atoms with Gasteiger partial charge in [-0.1, -0.05) is 45.1 Å². The maximum absolute atomic E-state index is 13.7.